The predicted octanol–water partition coefficient (Wildman–Crippen LogP) is 3.71. The molecular formula is C15H13N3O2S4. The van der Waals surface area contributed by atoms with E-state index in [0.29, 0.717) is 14.8 Å². The molecule has 3 rings (SSSR count). The molecule has 3 aromatic rings. The minimum absolute atomic E-state index is 0.0459. The molecule has 0 saturated carbocycles. The molecule has 0 bridgehead atoms. The third-order valence-electron chi connectivity index (χ3n) is 3.19. The minimum Gasteiger partial charge on any atom is -0.383 e. The number of hydrogen-bond acceptors (Lipinski definition) is 7. The number of thiophene rings is 1. The molecule has 0 amide bonds. The van der Waals surface area contributed by atoms with Gasteiger partial charge in [-0.15, -0.1) is 34.4 Å². The fourth-order valence-electron chi connectivity index (χ4n) is 2.04. The molecule has 0 aliphatic carbocycles. The first kappa shape index (κ1) is 17.2. The van der Waals surface area contributed by atoms with Gasteiger partial charge in [0.2, 0.25) is 14.2 Å². The maximum Gasteiger partial charge on any atom is 0.235 e. The largest absolute Gasteiger partial charge is 0.383 e. The number of amidine groups is 1. The average Bonchev–Trinajstić information content (AvgIpc) is 3.23. The van der Waals surface area contributed by atoms with Crippen molar-refractivity contribution >= 4 is 50.1 Å². The van der Waals surface area contributed by atoms with E-state index in [9.17, 15) is 8.42 Å². The second kappa shape index (κ2) is 6.67. The van der Waals surface area contributed by atoms with Crippen molar-refractivity contribution in [3.05, 3.63) is 46.7 Å². The van der Waals surface area contributed by atoms with E-state index in [1.807, 2.05) is 30.3 Å². The van der Waals surface area contributed by atoms with Crippen LogP contribution in [-0.4, -0.2) is 25.5 Å². The quantitative estimate of drug-likeness (QED) is 0.390. The first-order chi connectivity index (χ1) is 11.4. The molecule has 2 aromatic heterocycles. The van der Waals surface area contributed by atoms with Crippen LogP contribution in [0.3, 0.4) is 0 Å². The van der Waals surface area contributed by atoms with Gasteiger partial charge in [0.15, 0.2) is 0 Å². The van der Waals surface area contributed by atoms with Crippen LogP contribution in [0.1, 0.15) is 4.88 Å². The average molecular weight is 396 g/mol. The van der Waals surface area contributed by atoms with E-state index >= 15 is 0 Å². The summed E-state index contributed by atoms with van der Waals surface area (Å²) in [7, 11) is -3.74. The highest BCUT2D eigenvalue weighted by atomic mass is 32.2. The summed E-state index contributed by atoms with van der Waals surface area (Å²) in [5, 5.41) is 9.25. The summed E-state index contributed by atoms with van der Waals surface area (Å²) in [5.41, 5.74) is 6.99. The minimum atomic E-state index is -3.74. The molecular weight excluding hydrogens is 382 g/mol. The zero-order valence-electron chi connectivity index (χ0n) is 12.5. The van der Waals surface area contributed by atoms with Gasteiger partial charge in [0.05, 0.1) is 19.7 Å². The van der Waals surface area contributed by atoms with Crippen molar-refractivity contribution in [2.24, 2.45) is 5.73 Å². The van der Waals surface area contributed by atoms with Crippen LogP contribution in [0.2, 0.25) is 0 Å². The van der Waals surface area contributed by atoms with Gasteiger partial charge in [-0.1, -0.05) is 30.3 Å². The van der Waals surface area contributed by atoms with Gasteiger partial charge >= 0.3 is 0 Å². The number of rotatable bonds is 5. The normalized spacial score (nSPS) is 11.5. The number of nitrogens with two attached hydrogens (primary N) is 1. The van der Waals surface area contributed by atoms with Gasteiger partial charge in [-0.05, 0) is 12.3 Å². The Morgan fingerprint density at radius 3 is 2.62 bits per heavy atom. The Hall–Kier alpha value is -1.68. The van der Waals surface area contributed by atoms with Crippen LogP contribution in [0.4, 0.5) is 0 Å². The zero-order chi connectivity index (χ0) is 17.3. The third kappa shape index (κ3) is 3.12. The number of sulfone groups is 1. The molecule has 2 heterocycles. The summed E-state index contributed by atoms with van der Waals surface area (Å²) in [4.78, 5) is 4.91. The number of nitrogens with zero attached hydrogens (tertiary/aromatic N) is 1. The lowest BCUT2D eigenvalue weighted by atomic mass is 10.2. The summed E-state index contributed by atoms with van der Waals surface area (Å²) in [6.07, 6.45) is 1.80. The molecule has 0 saturated heterocycles. The van der Waals surface area contributed by atoms with Crippen LogP contribution >= 0.6 is 34.4 Å². The summed E-state index contributed by atoms with van der Waals surface area (Å²) >= 11 is 3.62. The van der Waals surface area contributed by atoms with Gasteiger partial charge in [0.25, 0.3) is 0 Å². The fraction of sp³-hybridized carbons (Fsp3) is 0.0667. The Morgan fingerprint density at radius 2 is 2.00 bits per heavy atom. The van der Waals surface area contributed by atoms with Crippen LogP contribution in [0.15, 0.2) is 55.2 Å². The second-order valence-electron chi connectivity index (χ2n) is 4.75. The Bertz CT molecular complexity index is 991. The lowest BCUT2D eigenvalue weighted by Gasteiger charge is -2.00. The van der Waals surface area contributed by atoms with E-state index in [1.54, 1.807) is 11.6 Å². The van der Waals surface area contributed by atoms with Crippen molar-refractivity contribution in [3.63, 3.8) is 0 Å². The molecule has 9 heteroatoms. The highest BCUT2D eigenvalue weighted by Crippen LogP contribution is 2.38. The molecule has 1 aromatic carbocycles. The van der Waals surface area contributed by atoms with Gasteiger partial charge in [0.1, 0.15) is 5.84 Å². The Labute approximate surface area is 152 Å². The van der Waals surface area contributed by atoms with Crippen LogP contribution < -0.4 is 5.73 Å². The van der Waals surface area contributed by atoms with Gasteiger partial charge in [-0.3, -0.25) is 5.41 Å². The van der Waals surface area contributed by atoms with Crippen LogP contribution in [-0.2, 0) is 9.84 Å². The Balaban J connectivity index is 2.06. The van der Waals surface area contributed by atoms with Crippen LogP contribution in [0.25, 0.3) is 11.3 Å². The maximum atomic E-state index is 12.9. The number of nitrogen functional groups attached to an aromatic ring is 1. The molecule has 124 valence electrons. The van der Waals surface area contributed by atoms with Crippen molar-refractivity contribution in [3.8, 4) is 11.3 Å². The summed E-state index contributed by atoms with van der Waals surface area (Å²) in [5.74, 6) is -0.138. The fourth-order valence-corrected chi connectivity index (χ4v) is 7.02. The van der Waals surface area contributed by atoms with Crippen molar-refractivity contribution < 1.29 is 8.42 Å². The first-order valence-electron chi connectivity index (χ1n) is 6.71. The van der Waals surface area contributed by atoms with Crippen molar-refractivity contribution in [1.82, 2.24) is 4.98 Å². The molecule has 0 atom stereocenters. The molecule has 24 heavy (non-hydrogen) atoms. The molecule has 5 nitrogen and oxygen atoms in total. The zero-order valence-corrected chi connectivity index (χ0v) is 15.8. The standard InChI is InChI=1S/C15H13N3O2S4/c1-21-14-12(7-11(23-14)13(16)17)24(19,20)15-18-10(8-22-15)9-5-3-2-4-6-9/h2-8H,1H3,(H3,16,17). The highest BCUT2D eigenvalue weighted by molar-refractivity contribution is 8.01. The van der Waals surface area contributed by atoms with Gasteiger partial charge < -0.3 is 5.73 Å². The Kier molecular flexibility index (Phi) is 4.77. The van der Waals surface area contributed by atoms with Crippen molar-refractivity contribution in [2.75, 3.05) is 6.26 Å². The monoisotopic (exact) mass is 395 g/mol. The van der Waals surface area contributed by atoms with E-state index in [-0.39, 0.29) is 15.1 Å². The third-order valence-corrected chi connectivity index (χ3v) is 8.78. The second-order valence-corrected chi connectivity index (χ2v) is 9.83. The van der Waals surface area contributed by atoms with E-state index in [1.165, 1.54) is 29.2 Å². The lowest BCUT2D eigenvalue weighted by Crippen LogP contribution is -2.08. The van der Waals surface area contributed by atoms with E-state index < -0.39 is 9.84 Å². The molecule has 0 fully saturated rings. The Morgan fingerprint density at radius 1 is 1.29 bits per heavy atom. The molecule has 0 radical (unpaired) electrons. The summed E-state index contributed by atoms with van der Waals surface area (Å²) in [6.45, 7) is 0. The topological polar surface area (TPSA) is 96.9 Å². The highest BCUT2D eigenvalue weighted by Gasteiger charge is 2.27. The van der Waals surface area contributed by atoms with Crippen LogP contribution in [0, 0.1) is 5.41 Å². The number of benzene rings is 1. The van der Waals surface area contributed by atoms with Gasteiger partial charge in [-0.25, -0.2) is 13.4 Å². The molecule has 0 aliphatic rings. The maximum absolute atomic E-state index is 12.9. The summed E-state index contributed by atoms with van der Waals surface area (Å²) < 4.78 is 26.5. The molecule has 0 aliphatic heterocycles. The predicted molar refractivity (Wildman–Crippen MR) is 100 cm³/mol. The first-order valence-corrected chi connectivity index (χ1v) is 11.1. The number of nitrogens with one attached hydrogen (secondary N) is 1. The molecule has 0 unspecified atom stereocenters. The number of hydrogen-bond donors (Lipinski definition) is 2. The number of thiazole rings is 1. The molecule has 3 N–H and O–H groups in total. The summed E-state index contributed by atoms with van der Waals surface area (Å²) in [6, 6.07) is 10.9. The van der Waals surface area contributed by atoms with E-state index in [2.05, 4.69) is 4.98 Å². The van der Waals surface area contributed by atoms with Gasteiger partial charge in [-0.2, -0.15) is 0 Å². The van der Waals surface area contributed by atoms with E-state index in [0.717, 1.165) is 16.9 Å². The van der Waals surface area contributed by atoms with Crippen molar-refractivity contribution in [2.45, 2.75) is 13.4 Å². The number of thioether (sulfide) groups is 1. The van der Waals surface area contributed by atoms with Gasteiger partial charge in [0, 0.05) is 10.9 Å². The number of aromatic nitrogens is 1. The van der Waals surface area contributed by atoms with Crippen LogP contribution in [0.5, 0.6) is 0 Å². The van der Waals surface area contributed by atoms with E-state index in [4.69, 9.17) is 11.1 Å². The lowest BCUT2D eigenvalue weighted by molar-refractivity contribution is 0.594. The molecule has 0 spiro atoms. The SMILES string of the molecule is CSc1sc(C(=N)N)cc1S(=O)(=O)c1nc(-c2ccccc2)cs1. The smallest absolute Gasteiger partial charge is 0.235 e. The van der Waals surface area contributed by atoms with Crippen molar-refractivity contribution in [1.29, 1.82) is 5.41 Å².